The number of para-hydroxylation sites is 1. The van der Waals surface area contributed by atoms with E-state index in [-0.39, 0.29) is 12.2 Å². The molecule has 4 nitrogen and oxygen atoms in total. The van der Waals surface area contributed by atoms with Crippen molar-refractivity contribution in [3.63, 3.8) is 0 Å². The van der Waals surface area contributed by atoms with Crippen LogP contribution in [0.4, 0.5) is 13.2 Å². The van der Waals surface area contributed by atoms with Crippen LogP contribution in [0.25, 0.3) is 5.69 Å². The Labute approximate surface area is 154 Å². The third-order valence-corrected chi connectivity index (χ3v) is 4.17. The molecule has 0 aliphatic rings. The standard InChI is InChI=1S/C20H18F3N3O/c1-14-7-5-6-10-17(14)26-18(20(21,22)23)16(13-25-26)19(27)24-12-11-15-8-3-2-4-9-15/h2-10,13H,11-12H2,1H3,(H,24,27). The summed E-state index contributed by atoms with van der Waals surface area (Å²) in [5.41, 5.74) is 0.340. The summed E-state index contributed by atoms with van der Waals surface area (Å²) >= 11 is 0. The SMILES string of the molecule is Cc1ccccc1-n1ncc(C(=O)NCCc2ccccc2)c1C(F)(F)F. The minimum Gasteiger partial charge on any atom is -0.352 e. The van der Waals surface area contributed by atoms with Gasteiger partial charge in [0.2, 0.25) is 0 Å². The number of aryl methyl sites for hydroxylation is 1. The van der Waals surface area contributed by atoms with E-state index in [9.17, 15) is 18.0 Å². The highest BCUT2D eigenvalue weighted by atomic mass is 19.4. The van der Waals surface area contributed by atoms with Crippen molar-refractivity contribution in [1.29, 1.82) is 0 Å². The molecule has 1 N–H and O–H groups in total. The van der Waals surface area contributed by atoms with Gasteiger partial charge < -0.3 is 5.32 Å². The lowest BCUT2D eigenvalue weighted by atomic mass is 10.1. The fourth-order valence-corrected chi connectivity index (χ4v) is 2.83. The number of hydrogen-bond donors (Lipinski definition) is 1. The quantitative estimate of drug-likeness (QED) is 0.730. The van der Waals surface area contributed by atoms with Gasteiger partial charge in [0.1, 0.15) is 0 Å². The Balaban J connectivity index is 1.85. The molecule has 0 saturated carbocycles. The molecule has 2 aromatic carbocycles. The number of aromatic nitrogens is 2. The molecule has 0 unspecified atom stereocenters. The van der Waals surface area contributed by atoms with Gasteiger partial charge in [0.05, 0.1) is 17.4 Å². The second-order valence-electron chi connectivity index (χ2n) is 6.09. The van der Waals surface area contributed by atoms with Gasteiger partial charge in [-0.1, -0.05) is 48.5 Å². The summed E-state index contributed by atoms with van der Waals surface area (Å²) in [6, 6.07) is 16.0. The van der Waals surface area contributed by atoms with E-state index in [1.807, 2.05) is 30.3 Å². The predicted octanol–water partition coefficient (Wildman–Crippen LogP) is 4.17. The maximum Gasteiger partial charge on any atom is 0.434 e. The van der Waals surface area contributed by atoms with E-state index < -0.39 is 23.3 Å². The summed E-state index contributed by atoms with van der Waals surface area (Å²) in [4.78, 5) is 12.4. The number of benzene rings is 2. The van der Waals surface area contributed by atoms with Gasteiger partial charge in [0.25, 0.3) is 5.91 Å². The summed E-state index contributed by atoms with van der Waals surface area (Å²) in [6.07, 6.45) is -3.22. The van der Waals surface area contributed by atoms with Crippen LogP contribution in [-0.4, -0.2) is 22.2 Å². The molecule has 7 heteroatoms. The van der Waals surface area contributed by atoms with Crippen LogP contribution in [0.3, 0.4) is 0 Å². The van der Waals surface area contributed by atoms with Gasteiger partial charge in [-0.2, -0.15) is 18.3 Å². The molecule has 3 rings (SSSR count). The highest BCUT2D eigenvalue weighted by Crippen LogP contribution is 2.34. The zero-order chi connectivity index (χ0) is 19.4. The van der Waals surface area contributed by atoms with Crippen LogP contribution >= 0.6 is 0 Å². The van der Waals surface area contributed by atoms with Crippen molar-refractivity contribution >= 4 is 5.91 Å². The van der Waals surface area contributed by atoms with Crippen LogP contribution in [0.1, 0.15) is 27.2 Å². The lowest BCUT2D eigenvalue weighted by Gasteiger charge is -2.14. The maximum atomic E-state index is 13.7. The second kappa shape index (κ2) is 7.65. The summed E-state index contributed by atoms with van der Waals surface area (Å²) in [5.74, 6) is -0.793. The van der Waals surface area contributed by atoms with Crippen LogP contribution in [0, 0.1) is 6.92 Å². The van der Waals surface area contributed by atoms with Gasteiger partial charge >= 0.3 is 6.18 Å². The van der Waals surface area contributed by atoms with Gasteiger partial charge in [-0.3, -0.25) is 4.79 Å². The summed E-state index contributed by atoms with van der Waals surface area (Å²) in [5, 5.41) is 6.38. The molecule has 0 spiro atoms. The van der Waals surface area contributed by atoms with Crippen LogP contribution in [-0.2, 0) is 12.6 Å². The Hall–Kier alpha value is -3.09. The average Bonchev–Trinajstić information content (AvgIpc) is 3.08. The van der Waals surface area contributed by atoms with E-state index in [1.54, 1.807) is 25.1 Å². The number of halogens is 3. The first-order chi connectivity index (χ1) is 12.9. The van der Waals surface area contributed by atoms with E-state index in [1.165, 1.54) is 6.07 Å². The van der Waals surface area contributed by atoms with E-state index >= 15 is 0 Å². The van der Waals surface area contributed by atoms with Crippen molar-refractivity contribution < 1.29 is 18.0 Å². The number of nitrogens with one attached hydrogen (secondary N) is 1. The van der Waals surface area contributed by atoms with Crippen LogP contribution < -0.4 is 5.32 Å². The molecule has 0 bridgehead atoms. The Morgan fingerprint density at radius 2 is 1.74 bits per heavy atom. The Bertz CT molecular complexity index is 933. The molecule has 0 radical (unpaired) electrons. The lowest BCUT2D eigenvalue weighted by Crippen LogP contribution is -2.28. The fourth-order valence-electron chi connectivity index (χ4n) is 2.83. The minimum atomic E-state index is -4.72. The number of hydrogen-bond acceptors (Lipinski definition) is 2. The van der Waals surface area contributed by atoms with E-state index in [0.29, 0.717) is 12.0 Å². The Kier molecular flexibility index (Phi) is 5.30. The van der Waals surface area contributed by atoms with Crippen molar-refractivity contribution in [2.24, 2.45) is 0 Å². The van der Waals surface area contributed by atoms with Crippen molar-refractivity contribution in [2.75, 3.05) is 6.54 Å². The van der Waals surface area contributed by atoms with Gasteiger partial charge in [-0.25, -0.2) is 4.68 Å². The van der Waals surface area contributed by atoms with Gasteiger partial charge in [0, 0.05) is 6.54 Å². The molecular weight excluding hydrogens is 355 g/mol. The first kappa shape index (κ1) is 18.7. The highest BCUT2D eigenvalue weighted by molar-refractivity contribution is 5.95. The monoisotopic (exact) mass is 373 g/mol. The third-order valence-electron chi connectivity index (χ3n) is 4.17. The zero-order valence-corrected chi connectivity index (χ0v) is 14.6. The van der Waals surface area contributed by atoms with Crippen molar-refractivity contribution in [3.8, 4) is 5.69 Å². The normalized spacial score (nSPS) is 11.4. The predicted molar refractivity (Wildman–Crippen MR) is 95.8 cm³/mol. The second-order valence-corrected chi connectivity index (χ2v) is 6.09. The van der Waals surface area contributed by atoms with E-state index in [2.05, 4.69) is 10.4 Å². The Morgan fingerprint density at radius 3 is 2.41 bits per heavy atom. The lowest BCUT2D eigenvalue weighted by molar-refractivity contribution is -0.143. The molecule has 0 atom stereocenters. The molecule has 140 valence electrons. The number of carbonyl (C=O) groups is 1. The van der Waals surface area contributed by atoms with Crippen molar-refractivity contribution in [2.45, 2.75) is 19.5 Å². The fraction of sp³-hybridized carbons (Fsp3) is 0.200. The van der Waals surface area contributed by atoms with Crippen LogP contribution in [0.15, 0.2) is 60.8 Å². The molecule has 0 saturated heterocycles. The third kappa shape index (κ3) is 4.19. The van der Waals surface area contributed by atoms with Gasteiger partial charge in [-0.05, 0) is 30.5 Å². The number of nitrogens with zero attached hydrogens (tertiary/aromatic N) is 2. The largest absolute Gasteiger partial charge is 0.434 e. The van der Waals surface area contributed by atoms with E-state index in [4.69, 9.17) is 0 Å². The molecule has 1 amide bonds. The van der Waals surface area contributed by atoms with Crippen molar-refractivity contribution in [1.82, 2.24) is 15.1 Å². The molecule has 0 fully saturated rings. The van der Waals surface area contributed by atoms with Gasteiger partial charge in [0.15, 0.2) is 5.69 Å². The van der Waals surface area contributed by atoms with Gasteiger partial charge in [-0.15, -0.1) is 0 Å². The van der Waals surface area contributed by atoms with E-state index in [0.717, 1.165) is 16.4 Å². The molecule has 0 aliphatic carbocycles. The van der Waals surface area contributed by atoms with Crippen LogP contribution in [0.2, 0.25) is 0 Å². The van der Waals surface area contributed by atoms with Crippen molar-refractivity contribution in [3.05, 3.63) is 83.2 Å². The molecule has 27 heavy (non-hydrogen) atoms. The smallest absolute Gasteiger partial charge is 0.352 e. The number of amides is 1. The number of carbonyl (C=O) groups excluding carboxylic acids is 1. The molecule has 1 heterocycles. The number of alkyl halides is 3. The minimum absolute atomic E-state index is 0.232. The molecule has 1 aromatic heterocycles. The maximum absolute atomic E-state index is 13.7. The average molecular weight is 373 g/mol. The summed E-state index contributed by atoms with van der Waals surface area (Å²) in [7, 11) is 0. The Morgan fingerprint density at radius 1 is 1.07 bits per heavy atom. The molecule has 0 aliphatic heterocycles. The highest BCUT2D eigenvalue weighted by Gasteiger charge is 2.40. The molecular formula is C20H18F3N3O. The molecule has 3 aromatic rings. The topological polar surface area (TPSA) is 46.9 Å². The first-order valence-electron chi connectivity index (χ1n) is 8.41. The number of rotatable bonds is 5. The summed E-state index contributed by atoms with van der Waals surface area (Å²) < 4.78 is 41.8. The first-order valence-corrected chi connectivity index (χ1v) is 8.41. The summed E-state index contributed by atoms with van der Waals surface area (Å²) in [6.45, 7) is 1.92. The van der Waals surface area contributed by atoms with Crippen LogP contribution in [0.5, 0.6) is 0 Å². The zero-order valence-electron chi connectivity index (χ0n) is 14.6.